The quantitative estimate of drug-likeness (QED) is 0.803. The predicted molar refractivity (Wildman–Crippen MR) is 80.7 cm³/mol. The van der Waals surface area contributed by atoms with Crippen molar-refractivity contribution in [1.82, 2.24) is 4.98 Å². The summed E-state index contributed by atoms with van der Waals surface area (Å²) in [5, 5.41) is 0. The lowest BCUT2D eigenvalue weighted by Gasteiger charge is -2.08. The van der Waals surface area contributed by atoms with Crippen LogP contribution in [0.15, 0.2) is 45.7 Å². The van der Waals surface area contributed by atoms with Crippen LogP contribution in [0, 0.1) is 19.7 Å². The van der Waals surface area contributed by atoms with Crippen molar-refractivity contribution >= 4 is 26.8 Å². The Morgan fingerprint density at radius 1 is 1.14 bits per heavy atom. The van der Waals surface area contributed by atoms with E-state index >= 15 is 0 Å². The molecule has 0 aliphatic rings. The molecule has 7 heteroatoms. The number of hydrogen-bond acceptors (Lipinski definition) is 4. The smallest absolute Gasteiger partial charge is 0.261 e. The van der Waals surface area contributed by atoms with Gasteiger partial charge < -0.3 is 4.42 Å². The Morgan fingerprint density at radius 3 is 2.64 bits per heavy atom. The van der Waals surface area contributed by atoms with E-state index in [1.54, 1.807) is 25.1 Å². The van der Waals surface area contributed by atoms with E-state index in [1.165, 1.54) is 19.1 Å². The third-order valence-electron chi connectivity index (χ3n) is 3.19. The van der Waals surface area contributed by atoms with E-state index in [9.17, 15) is 12.8 Å². The second kappa shape index (κ2) is 5.10. The number of oxazole rings is 1. The number of sulfonamides is 1. The number of fused-ring (bicyclic) bond motifs is 1. The highest BCUT2D eigenvalue weighted by molar-refractivity contribution is 7.92. The van der Waals surface area contributed by atoms with Gasteiger partial charge in [-0.15, -0.1) is 0 Å². The summed E-state index contributed by atoms with van der Waals surface area (Å²) in [6, 6.07) is 8.46. The van der Waals surface area contributed by atoms with Gasteiger partial charge in [-0.25, -0.2) is 17.8 Å². The zero-order valence-corrected chi connectivity index (χ0v) is 12.7. The zero-order chi connectivity index (χ0) is 15.9. The third-order valence-corrected chi connectivity index (χ3v) is 4.57. The molecule has 1 N–H and O–H groups in total. The molecule has 0 bridgehead atoms. The van der Waals surface area contributed by atoms with Gasteiger partial charge in [0, 0.05) is 13.0 Å². The molecule has 0 fully saturated rings. The van der Waals surface area contributed by atoms with Gasteiger partial charge in [0.15, 0.2) is 11.5 Å². The largest absolute Gasteiger partial charge is 0.441 e. The maximum atomic E-state index is 13.3. The van der Waals surface area contributed by atoms with E-state index in [0.29, 0.717) is 22.7 Å². The maximum Gasteiger partial charge on any atom is 0.261 e. The van der Waals surface area contributed by atoms with E-state index in [-0.39, 0.29) is 10.5 Å². The fraction of sp³-hybridized carbons (Fsp3) is 0.133. The molecule has 5 nitrogen and oxygen atoms in total. The minimum atomic E-state index is -3.79. The lowest BCUT2D eigenvalue weighted by molar-refractivity contribution is 0.561. The highest BCUT2D eigenvalue weighted by Crippen LogP contribution is 2.23. The van der Waals surface area contributed by atoms with Crippen molar-refractivity contribution < 1.29 is 17.2 Å². The van der Waals surface area contributed by atoms with Crippen LogP contribution >= 0.6 is 0 Å². The SMILES string of the molecule is Cc1nc2ccc(NS(=O)(=O)c3ccc(F)c(C)c3)cc2o1. The number of benzene rings is 2. The topological polar surface area (TPSA) is 72.2 Å². The molecule has 3 rings (SSSR count). The predicted octanol–water partition coefficient (Wildman–Crippen LogP) is 3.38. The van der Waals surface area contributed by atoms with Crippen molar-refractivity contribution in [1.29, 1.82) is 0 Å². The summed E-state index contributed by atoms with van der Waals surface area (Å²) in [6.07, 6.45) is 0. The number of anilines is 1. The summed E-state index contributed by atoms with van der Waals surface area (Å²) in [5.74, 6) is 0.0571. The first-order valence-corrected chi connectivity index (χ1v) is 8.00. The molecule has 2 aromatic carbocycles. The number of rotatable bonds is 3. The molecule has 1 heterocycles. The average Bonchev–Trinajstić information content (AvgIpc) is 2.80. The van der Waals surface area contributed by atoms with Crippen molar-refractivity contribution in [3.63, 3.8) is 0 Å². The van der Waals surface area contributed by atoms with E-state index in [4.69, 9.17) is 4.42 Å². The fourth-order valence-electron chi connectivity index (χ4n) is 2.10. The molecule has 0 aliphatic carbocycles. The summed E-state index contributed by atoms with van der Waals surface area (Å²) in [7, 11) is -3.79. The maximum absolute atomic E-state index is 13.3. The Balaban J connectivity index is 1.96. The summed E-state index contributed by atoms with van der Waals surface area (Å²) in [5.41, 5.74) is 1.76. The molecule has 0 saturated heterocycles. The normalized spacial score (nSPS) is 11.8. The van der Waals surface area contributed by atoms with Crippen molar-refractivity contribution in [3.05, 3.63) is 53.7 Å². The Morgan fingerprint density at radius 2 is 1.91 bits per heavy atom. The van der Waals surface area contributed by atoms with Crippen molar-refractivity contribution in [2.45, 2.75) is 18.7 Å². The Bertz CT molecular complexity index is 964. The van der Waals surface area contributed by atoms with E-state index in [0.717, 1.165) is 6.07 Å². The first-order chi connectivity index (χ1) is 10.3. The molecule has 0 unspecified atom stereocenters. The van der Waals surface area contributed by atoms with Gasteiger partial charge in [-0.1, -0.05) is 0 Å². The highest BCUT2D eigenvalue weighted by atomic mass is 32.2. The highest BCUT2D eigenvalue weighted by Gasteiger charge is 2.16. The van der Waals surface area contributed by atoms with E-state index in [2.05, 4.69) is 9.71 Å². The number of aryl methyl sites for hydroxylation is 2. The standard InChI is InChI=1S/C15H13FN2O3S/c1-9-7-12(4-5-13(9)16)22(19,20)18-11-3-6-14-15(8-11)21-10(2)17-14/h3-8,18H,1-2H3. The van der Waals surface area contributed by atoms with Gasteiger partial charge in [0.25, 0.3) is 10.0 Å². The Kier molecular flexibility index (Phi) is 3.37. The van der Waals surface area contributed by atoms with Crippen LogP contribution in [0.2, 0.25) is 0 Å². The molecular weight excluding hydrogens is 307 g/mol. The van der Waals surface area contributed by atoms with Crippen LogP contribution in [0.1, 0.15) is 11.5 Å². The Labute approximate surface area is 126 Å². The minimum Gasteiger partial charge on any atom is -0.441 e. The molecule has 0 saturated carbocycles. The number of halogens is 1. The number of nitrogens with one attached hydrogen (secondary N) is 1. The van der Waals surface area contributed by atoms with E-state index < -0.39 is 15.8 Å². The zero-order valence-electron chi connectivity index (χ0n) is 11.9. The molecular formula is C15H13FN2O3S. The van der Waals surface area contributed by atoms with Crippen LogP contribution in [-0.4, -0.2) is 13.4 Å². The van der Waals surface area contributed by atoms with Gasteiger partial charge in [-0.3, -0.25) is 4.72 Å². The molecule has 0 radical (unpaired) electrons. The first-order valence-electron chi connectivity index (χ1n) is 6.51. The van der Waals surface area contributed by atoms with E-state index in [1.807, 2.05) is 0 Å². The van der Waals surface area contributed by atoms with Gasteiger partial charge in [-0.05, 0) is 42.8 Å². The number of hydrogen-bond donors (Lipinski definition) is 1. The van der Waals surface area contributed by atoms with Crippen LogP contribution in [0.5, 0.6) is 0 Å². The molecule has 0 amide bonds. The van der Waals surface area contributed by atoms with Crippen molar-refractivity contribution in [3.8, 4) is 0 Å². The number of aromatic nitrogens is 1. The summed E-state index contributed by atoms with van der Waals surface area (Å²) in [6.45, 7) is 3.23. The lowest BCUT2D eigenvalue weighted by atomic mass is 10.2. The first kappa shape index (κ1) is 14.5. The lowest BCUT2D eigenvalue weighted by Crippen LogP contribution is -2.13. The minimum absolute atomic E-state index is 0.000229. The molecule has 22 heavy (non-hydrogen) atoms. The van der Waals surface area contributed by atoms with Crippen LogP contribution in [0.25, 0.3) is 11.1 Å². The monoisotopic (exact) mass is 320 g/mol. The van der Waals surface area contributed by atoms with Crippen molar-refractivity contribution in [2.24, 2.45) is 0 Å². The average molecular weight is 320 g/mol. The second-order valence-electron chi connectivity index (χ2n) is 4.93. The third kappa shape index (κ3) is 2.67. The Hall–Kier alpha value is -2.41. The van der Waals surface area contributed by atoms with Gasteiger partial charge in [0.2, 0.25) is 0 Å². The second-order valence-corrected chi connectivity index (χ2v) is 6.61. The van der Waals surface area contributed by atoms with Gasteiger partial charge in [-0.2, -0.15) is 0 Å². The molecule has 0 atom stereocenters. The summed E-state index contributed by atoms with van der Waals surface area (Å²) >= 11 is 0. The van der Waals surface area contributed by atoms with Crippen LogP contribution in [0.3, 0.4) is 0 Å². The molecule has 0 spiro atoms. The molecule has 3 aromatic rings. The van der Waals surface area contributed by atoms with Crippen LogP contribution < -0.4 is 4.72 Å². The molecule has 114 valence electrons. The van der Waals surface area contributed by atoms with Crippen LogP contribution in [0.4, 0.5) is 10.1 Å². The van der Waals surface area contributed by atoms with Crippen molar-refractivity contribution in [2.75, 3.05) is 4.72 Å². The van der Waals surface area contributed by atoms with Gasteiger partial charge in [0.1, 0.15) is 11.3 Å². The summed E-state index contributed by atoms with van der Waals surface area (Å²) < 4.78 is 45.7. The molecule has 0 aliphatic heterocycles. The van der Waals surface area contributed by atoms with Gasteiger partial charge >= 0.3 is 0 Å². The number of nitrogens with zero attached hydrogens (tertiary/aromatic N) is 1. The summed E-state index contributed by atoms with van der Waals surface area (Å²) in [4.78, 5) is 4.14. The van der Waals surface area contributed by atoms with Gasteiger partial charge in [0.05, 0.1) is 10.6 Å². The van der Waals surface area contributed by atoms with Crippen LogP contribution in [-0.2, 0) is 10.0 Å². The molecule has 1 aromatic heterocycles. The fourth-order valence-corrected chi connectivity index (χ4v) is 3.24.